The van der Waals surface area contributed by atoms with E-state index in [1.165, 1.54) is 6.42 Å². The van der Waals surface area contributed by atoms with Gasteiger partial charge in [-0.25, -0.2) is 0 Å². The van der Waals surface area contributed by atoms with Crippen molar-refractivity contribution in [1.82, 2.24) is 10.2 Å². The van der Waals surface area contributed by atoms with Gasteiger partial charge in [-0.3, -0.25) is 4.79 Å². The second-order valence-corrected chi connectivity index (χ2v) is 3.86. The number of nitrogens with zero attached hydrogens (tertiary/aromatic N) is 1. The lowest BCUT2D eigenvalue weighted by Gasteiger charge is -2.28. The van der Waals surface area contributed by atoms with Gasteiger partial charge in [-0.2, -0.15) is 0 Å². The predicted octanol–water partition coefficient (Wildman–Crippen LogP) is 0.913. The highest BCUT2D eigenvalue weighted by Crippen LogP contribution is 2.16. The maximum Gasteiger partial charge on any atom is 0.240 e. The lowest BCUT2D eigenvalue weighted by Crippen LogP contribution is -2.43. The average Bonchev–Trinajstić information content (AvgIpc) is 2.71. The van der Waals surface area contributed by atoms with Crippen molar-refractivity contribution in [2.75, 3.05) is 13.1 Å². The monoisotopic (exact) mass is 181 g/mol. The highest BCUT2D eigenvalue weighted by molar-refractivity contribution is 5.82. The van der Waals surface area contributed by atoms with Crippen LogP contribution in [0, 0.1) is 6.54 Å². The first-order valence-electron chi connectivity index (χ1n) is 5.25. The third-order valence-corrected chi connectivity index (χ3v) is 2.84. The molecule has 1 N–H and O–H groups in total. The average molecular weight is 181 g/mol. The normalized spacial score (nSPS) is 29.2. The molecule has 2 fully saturated rings. The van der Waals surface area contributed by atoms with Crippen molar-refractivity contribution < 1.29 is 4.79 Å². The fourth-order valence-corrected chi connectivity index (χ4v) is 2.06. The molecule has 1 atom stereocenters. The van der Waals surface area contributed by atoms with Crippen LogP contribution in [0.1, 0.15) is 32.1 Å². The van der Waals surface area contributed by atoms with Gasteiger partial charge in [-0.05, 0) is 38.6 Å². The summed E-state index contributed by atoms with van der Waals surface area (Å²) in [6.45, 7) is 3.99. The van der Waals surface area contributed by atoms with Crippen molar-refractivity contribution in [2.45, 2.75) is 38.1 Å². The number of hydrogen-bond donors (Lipinski definition) is 1. The summed E-state index contributed by atoms with van der Waals surface area (Å²) < 4.78 is 0. The number of rotatable bonds is 1. The third kappa shape index (κ3) is 2.02. The summed E-state index contributed by atoms with van der Waals surface area (Å²) in [5.41, 5.74) is 0. The van der Waals surface area contributed by atoms with Crippen LogP contribution in [0.2, 0.25) is 0 Å². The summed E-state index contributed by atoms with van der Waals surface area (Å²) in [6, 6.07) is 0.106. The molecular formula is C10H17N2O. The van der Waals surface area contributed by atoms with Gasteiger partial charge in [0.1, 0.15) is 0 Å². The minimum Gasteiger partial charge on any atom is -0.336 e. The molecule has 3 nitrogen and oxygen atoms in total. The van der Waals surface area contributed by atoms with E-state index in [0.29, 0.717) is 0 Å². The Labute approximate surface area is 79.5 Å². The molecule has 2 aliphatic rings. The van der Waals surface area contributed by atoms with Crippen LogP contribution >= 0.6 is 0 Å². The molecule has 73 valence electrons. The Morgan fingerprint density at radius 1 is 1.38 bits per heavy atom. The molecule has 1 amide bonds. The van der Waals surface area contributed by atoms with Crippen molar-refractivity contribution in [1.29, 1.82) is 0 Å². The van der Waals surface area contributed by atoms with Crippen LogP contribution < -0.4 is 5.32 Å². The highest BCUT2D eigenvalue weighted by atomic mass is 16.2. The summed E-state index contributed by atoms with van der Waals surface area (Å²) in [7, 11) is 0. The molecule has 0 spiro atoms. The van der Waals surface area contributed by atoms with Gasteiger partial charge in [0.15, 0.2) is 0 Å². The Morgan fingerprint density at radius 3 is 2.92 bits per heavy atom. The first kappa shape index (κ1) is 9.00. The molecule has 1 unspecified atom stereocenters. The predicted molar refractivity (Wildman–Crippen MR) is 50.9 cm³/mol. The van der Waals surface area contributed by atoms with E-state index in [1.807, 2.05) is 4.90 Å². The Kier molecular flexibility index (Phi) is 2.83. The number of likely N-dealkylation sites (tertiary alicyclic amines) is 1. The van der Waals surface area contributed by atoms with E-state index in [0.717, 1.165) is 38.8 Å². The summed E-state index contributed by atoms with van der Waals surface area (Å²) in [5, 5.41) is 3.24. The SMILES string of the molecule is O=C(C1CCCN1)N1[CH]CCCC1. The molecular weight excluding hydrogens is 164 g/mol. The van der Waals surface area contributed by atoms with E-state index in [-0.39, 0.29) is 11.9 Å². The molecule has 2 rings (SSSR count). The molecule has 0 aromatic rings. The smallest absolute Gasteiger partial charge is 0.240 e. The van der Waals surface area contributed by atoms with Gasteiger partial charge in [-0.15, -0.1) is 0 Å². The largest absolute Gasteiger partial charge is 0.336 e. The number of piperidine rings is 1. The van der Waals surface area contributed by atoms with Crippen LogP contribution in [0.15, 0.2) is 0 Å². The Morgan fingerprint density at radius 2 is 2.31 bits per heavy atom. The van der Waals surface area contributed by atoms with E-state index < -0.39 is 0 Å². The minimum absolute atomic E-state index is 0.106. The van der Waals surface area contributed by atoms with Crippen LogP contribution in [0.25, 0.3) is 0 Å². The number of amides is 1. The lowest BCUT2D eigenvalue weighted by atomic mass is 10.1. The second kappa shape index (κ2) is 4.09. The van der Waals surface area contributed by atoms with Crippen molar-refractivity contribution in [2.24, 2.45) is 0 Å². The number of carbonyl (C=O) groups excluding carboxylic acids is 1. The van der Waals surface area contributed by atoms with Gasteiger partial charge in [-0.1, -0.05) is 0 Å². The summed E-state index contributed by atoms with van der Waals surface area (Å²) in [5.74, 6) is 0.289. The number of nitrogens with one attached hydrogen (secondary N) is 1. The molecule has 0 aromatic carbocycles. The first-order chi connectivity index (χ1) is 6.38. The summed E-state index contributed by atoms with van der Waals surface area (Å²) in [6.07, 6.45) is 5.63. The van der Waals surface area contributed by atoms with Crippen LogP contribution in [0.5, 0.6) is 0 Å². The summed E-state index contributed by atoms with van der Waals surface area (Å²) in [4.78, 5) is 13.7. The van der Waals surface area contributed by atoms with E-state index in [9.17, 15) is 4.79 Å². The fraction of sp³-hybridized carbons (Fsp3) is 0.800. The third-order valence-electron chi connectivity index (χ3n) is 2.84. The first-order valence-corrected chi connectivity index (χ1v) is 5.25. The minimum atomic E-state index is 0.106. The van der Waals surface area contributed by atoms with E-state index in [2.05, 4.69) is 11.9 Å². The van der Waals surface area contributed by atoms with Gasteiger partial charge < -0.3 is 10.2 Å². The second-order valence-electron chi connectivity index (χ2n) is 3.86. The molecule has 2 saturated heterocycles. The van der Waals surface area contributed by atoms with Crippen molar-refractivity contribution in [3.05, 3.63) is 6.54 Å². The fourth-order valence-electron chi connectivity index (χ4n) is 2.06. The van der Waals surface area contributed by atoms with Gasteiger partial charge in [0.25, 0.3) is 0 Å². The van der Waals surface area contributed by atoms with E-state index in [1.54, 1.807) is 0 Å². The molecule has 0 aromatic heterocycles. The Balaban J connectivity index is 1.87. The van der Waals surface area contributed by atoms with Crippen LogP contribution in [0.4, 0.5) is 0 Å². The number of carbonyl (C=O) groups is 1. The molecule has 0 saturated carbocycles. The maximum atomic E-state index is 11.8. The zero-order chi connectivity index (χ0) is 9.10. The zero-order valence-electron chi connectivity index (χ0n) is 7.96. The summed E-state index contributed by atoms with van der Waals surface area (Å²) >= 11 is 0. The van der Waals surface area contributed by atoms with Crippen LogP contribution in [0.3, 0.4) is 0 Å². The number of hydrogen-bond acceptors (Lipinski definition) is 2. The molecule has 13 heavy (non-hydrogen) atoms. The Bertz CT molecular complexity index is 181. The standard InChI is InChI=1S/C10H17N2O/c13-10(9-5-4-6-11-9)12-7-2-1-3-8-12/h7,9,11H,1-6,8H2. The highest BCUT2D eigenvalue weighted by Gasteiger charge is 2.27. The van der Waals surface area contributed by atoms with Gasteiger partial charge >= 0.3 is 0 Å². The van der Waals surface area contributed by atoms with Gasteiger partial charge in [0, 0.05) is 6.54 Å². The molecule has 3 heteroatoms. The molecule has 0 bridgehead atoms. The molecule has 2 aliphatic heterocycles. The van der Waals surface area contributed by atoms with Crippen LogP contribution in [-0.4, -0.2) is 29.9 Å². The lowest BCUT2D eigenvalue weighted by molar-refractivity contribution is -0.132. The zero-order valence-corrected chi connectivity index (χ0v) is 7.96. The van der Waals surface area contributed by atoms with Crippen molar-refractivity contribution >= 4 is 5.91 Å². The van der Waals surface area contributed by atoms with Gasteiger partial charge in [0.05, 0.1) is 12.6 Å². The van der Waals surface area contributed by atoms with Crippen LogP contribution in [-0.2, 0) is 4.79 Å². The van der Waals surface area contributed by atoms with Crippen molar-refractivity contribution in [3.8, 4) is 0 Å². The van der Waals surface area contributed by atoms with E-state index >= 15 is 0 Å². The van der Waals surface area contributed by atoms with Crippen molar-refractivity contribution in [3.63, 3.8) is 0 Å². The molecule has 0 aliphatic carbocycles. The molecule has 2 heterocycles. The Hall–Kier alpha value is -0.570. The van der Waals surface area contributed by atoms with E-state index in [4.69, 9.17) is 0 Å². The van der Waals surface area contributed by atoms with Gasteiger partial charge in [0.2, 0.25) is 5.91 Å². The maximum absolute atomic E-state index is 11.8. The topological polar surface area (TPSA) is 32.3 Å². The quantitative estimate of drug-likeness (QED) is 0.652. The molecule has 1 radical (unpaired) electrons.